The molecule has 5 rings (SSSR count). The van der Waals surface area contributed by atoms with E-state index in [9.17, 15) is 14.7 Å². The molecule has 3 aliphatic heterocycles. The first kappa shape index (κ1) is 28.3. The average molecular weight is 559 g/mol. The number of likely N-dealkylation sites (tertiary alicyclic amines) is 1. The standard InChI is InChI=1S/C30H42N2O6S/c1-19-5-7-20(8-6-19)16-32(24-15-22(9-12-30(2,3)4)39-26(24)27(33)34)21-10-13-31(17-21)29(35)38-25-18-37-28-23(25)11-14-36-28/h15,19-21,23,25,28H,5-8,10-11,13-14,16-18H2,1-4H3,(H,33,34)/t19?,20?,21-,23-,25-,28+/m0/s1. The first-order valence-corrected chi connectivity index (χ1v) is 15.2. The molecule has 0 bridgehead atoms. The summed E-state index contributed by atoms with van der Waals surface area (Å²) in [5.41, 5.74) is 0.563. The number of fused-ring (bicyclic) bond motifs is 1. The highest BCUT2D eigenvalue weighted by Crippen LogP contribution is 2.38. The summed E-state index contributed by atoms with van der Waals surface area (Å²) in [5, 5.41) is 10.1. The van der Waals surface area contributed by atoms with E-state index in [4.69, 9.17) is 14.2 Å². The van der Waals surface area contributed by atoms with Crippen LogP contribution in [0, 0.1) is 35.0 Å². The van der Waals surface area contributed by atoms with Crippen LogP contribution >= 0.6 is 11.3 Å². The lowest BCUT2D eigenvalue weighted by Crippen LogP contribution is -2.43. The maximum atomic E-state index is 13.2. The van der Waals surface area contributed by atoms with Gasteiger partial charge in [-0.25, -0.2) is 9.59 Å². The minimum atomic E-state index is -0.926. The third kappa shape index (κ3) is 6.72. The van der Waals surface area contributed by atoms with Crippen molar-refractivity contribution in [1.29, 1.82) is 0 Å². The topological polar surface area (TPSA) is 88.5 Å². The van der Waals surface area contributed by atoms with Crippen LogP contribution in [0.5, 0.6) is 0 Å². The van der Waals surface area contributed by atoms with Crippen LogP contribution in [0.1, 0.15) is 80.8 Å². The Bertz CT molecular complexity index is 1110. The van der Waals surface area contributed by atoms with Crippen LogP contribution in [0.15, 0.2) is 6.07 Å². The first-order valence-electron chi connectivity index (χ1n) is 14.4. The Hall–Kier alpha value is -2.28. The zero-order valence-corrected chi connectivity index (χ0v) is 24.4. The molecule has 4 fully saturated rings. The van der Waals surface area contributed by atoms with Crippen LogP contribution in [0.2, 0.25) is 0 Å². The molecule has 214 valence electrons. The third-order valence-corrected chi connectivity index (χ3v) is 9.49. The predicted molar refractivity (Wildman–Crippen MR) is 150 cm³/mol. The van der Waals surface area contributed by atoms with Crippen molar-refractivity contribution in [3.63, 3.8) is 0 Å². The minimum absolute atomic E-state index is 0.0235. The highest BCUT2D eigenvalue weighted by molar-refractivity contribution is 7.15. The van der Waals surface area contributed by atoms with Crippen molar-refractivity contribution in [2.75, 3.05) is 37.7 Å². The van der Waals surface area contributed by atoms with Crippen molar-refractivity contribution < 1.29 is 28.9 Å². The van der Waals surface area contributed by atoms with Crippen molar-refractivity contribution in [3.05, 3.63) is 15.8 Å². The Morgan fingerprint density at radius 1 is 1.18 bits per heavy atom. The molecule has 9 heteroatoms. The molecule has 0 unspecified atom stereocenters. The van der Waals surface area contributed by atoms with Gasteiger partial charge in [0, 0.05) is 31.1 Å². The number of hydrogen-bond donors (Lipinski definition) is 1. The highest BCUT2D eigenvalue weighted by Gasteiger charge is 2.45. The van der Waals surface area contributed by atoms with E-state index in [-0.39, 0.29) is 35.9 Å². The number of ether oxygens (including phenoxy) is 3. The molecule has 1 amide bonds. The van der Waals surface area contributed by atoms with Gasteiger partial charge in [-0.3, -0.25) is 0 Å². The molecule has 1 N–H and O–H groups in total. The second-order valence-corrected chi connectivity index (χ2v) is 13.8. The van der Waals surface area contributed by atoms with Crippen molar-refractivity contribution in [3.8, 4) is 11.8 Å². The van der Waals surface area contributed by atoms with Gasteiger partial charge in [0.2, 0.25) is 0 Å². The van der Waals surface area contributed by atoms with Gasteiger partial charge >= 0.3 is 12.1 Å². The number of carbonyl (C=O) groups is 2. The lowest BCUT2D eigenvalue weighted by molar-refractivity contribution is -0.0907. The SMILES string of the molecule is CC1CCC(CN(c2cc(C#CC(C)(C)C)sc2C(=O)O)[C@H]2CCN(C(=O)O[C@H]3CO[C@H]4OCC[C@H]43)C2)CC1. The van der Waals surface area contributed by atoms with Crippen molar-refractivity contribution in [2.45, 2.75) is 84.7 Å². The second-order valence-electron chi connectivity index (χ2n) is 12.7. The molecule has 1 saturated carbocycles. The fourth-order valence-electron chi connectivity index (χ4n) is 6.21. The summed E-state index contributed by atoms with van der Waals surface area (Å²) in [6, 6.07) is 1.98. The third-order valence-electron chi connectivity index (χ3n) is 8.47. The Balaban J connectivity index is 1.35. The van der Waals surface area contributed by atoms with E-state index >= 15 is 0 Å². The lowest BCUT2D eigenvalue weighted by atomic mass is 9.82. The van der Waals surface area contributed by atoms with Gasteiger partial charge in [-0.1, -0.05) is 31.6 Å². The molecule has 0 aromatic carbocycles. The van der Waals surface area contributed by atoms with Gasteiger partial charge in [0.1, 0.15) is 11.0 Å². The molecule has 4 atom stereocenters. The summed E-state index contributed by atoms with van der Waals surface area (Å²) in [6.45, 7) is 11.4. The highest BCUT2D eigenvalue weighted by atomic mass is 32.1. The molecule has 0 radical (unpaired) electrons. The molecule has 39 heavy (non-hydrogen) atoms. The van der Waals surface area contributed by atoms with E-state index in [1.54, 1.807) is 4.90 Å². The monoisotopic (exact) mass is 558 g/mol. The van der Waals surface area contributed by atoms with E-state index in [1.165, 1.54) is 24.2 Å². The van der Waals surface area contributed by atoms with E-state index < -0.39 is 5.97 Å². The number of carboxylic acids is 1. The number of aromatic carboxylic acids is 1. The minimum Gasteiger partial charge on any atom is -0.477 e. The Kier molecular flexibility index (Phi) is 8.46. The number of carbonyl (C=O) groups excluding carboxylic acids is 1. The lowest BCUT2D eigenvalue weighted by Gasteiger charge is -2.36. The number of amides is 1. The van der Waals surface area contributed by atoms with Crippen LogP contribution in [0.4, 0.5) is 10.5 Å². The normalized spacial score (nSPS) is 30.5. The number of carboxylic acid groups (broad SMARTS) is 1. The van der Waals surface area contributed by atoms with Gasteiger partial charge < -0.3 is 29.1 Å². The van der Waals surface area contributed by atoms with Gasteiger partial charge in [-0.05, 0) is 64.4 Å². The van der Waals surface area contributed by atoms with Crippen molar-refractivity contribution in [1.82, 2.24) is 4.90 Å². The Labute approximate surface area is 236 Å². The fraction of sp³-hybridized carbons (Fsp3) is 0.733. The molecular weight excluding hydrogens is 516 g/mol. The smallest absolute Gasteiger partial charge is 0.410 e. The molecule has 8 nitrogen and oxygen atoms in total. The van der Waals surface area contributed by atoms with Gasteiger partial charge in [-0.2, -0.15) is 0 Å². The van der Waals surface area contributed by atoms with Crippen LogP contribution in [0.25, 0.3) is 0 Å². The largest absolute Gasteiger partial charge is 0.477 e. The number of thiophene rings is 1. The summed E-state index contributed by atoms with van der Waals surface area (Å²) in [6.07, 6.45) is 5.46. The van der Waals surface area contributed by atoms with Crippen molar-refractivity contribution >= 4 is 29.1 Å². The molecule has 1 aromatic heterocycles. The van der Waals surface area contributed by atoms with Gasteiger partial charge in [0.05, 0.1) is 29.7 Å². The molecular formula is C30H42N2O6S. The van der Waals surface area contributed by atoms with Gasteiger partial charge in [0.25, 0.3) is 0 Å². The summed E-state index contributed by atoms with van der Waals surface area (Å²) >= 11 is 1.25. The molecule has 1 aromatic rings. The van der Waals surface area contributed by atoms with Crippen LogP contribution < -0.4 is 4.90 Å². The zero-order valence-electron chi connectivity index (χ0n) is 23.6. The molecule has 0 spiro atoms. The molecule has 4 aliphatic rings. The molecule has 4 heterocycles. The van der Waals surface area contributed by atoms with Crippen LogP contribution in [-0.2, 0) is 14.2 Å². The second kappa shape index (κ2) is 11.7. The van der Waals surface area contributed by atoms with E-state index in [1.807, 2.05) is 26.8 Å². The van der Waals surface area contributed by atoms with E-state index in [2.05, 4.69) is 23.7 Å². The first-order chi connectivity index (χ1) is 18.6. The maximum Gasteiger partial charge on any atom is 0.410 e. The molecule has 1 aliphatic carbocycles. The Morgan fingerprint density at radius 3 is 2.67 bits per heavy atom. The van der Waals surface area contributed by atoms with Crippen LogP contribution in [0.3, 0.4) is 0 Å². The number of nitrogens with zero attached hydrogens (tertiary/aromatic N) is 2. The number of rotatable bonds is 6. The predicted octanol–water partition coefficient (Wildman–Crippen LogP) is 5.45. The quantitative estimate of drug-likeness (QED) is 0.465. The van der Waals surface area contributed by atoms with Gasteiger partial charge in [0.15, 0.2) is 6.29 Å². The number of hydrogen-bond acceptors (Lipinski definition) is 7. The van der Waals surface area contributed by atoms with Crippen molar-refractivity contribution in [2.24, 2.45) is 23.2 Å². The maximum absolute atomic E-state index is 13.2. The van der Waals surface area contributed by atoms with E-state index in [0.717, 1.165) is 48.7 Å². The summed E-state index contributed by atoms with van der Waals surface area (Å²) in [7, 11) is 0. The summed E-state index contributed by atoms with van der Waals surface area (Å²) in [5.74, 6) is 6.88. The average Bonchev–Trinajstić information content (AvgIpc) is 3.67. The Morgan fingerprint density at radius 2 is 1.95 bits per heavy atom. The molecule has 3 saturated heterocycles. The van der Waals surface area contributed by atoms with Gasteiger partial charge in [-0.15, -0.1) is 11.3 Å². The van der Waals surface area contributed by atoms with E-state index in [0.29, 0.717) is 37.1 Å². The summed E-state index contributed by atoms with van der Waals surface area (Å²) < 4.78 is 17.1. The fourth-order valence-corrected chi connectivity index (χ4v) is 7.07. The number of anilines is 1. The zero-order chi connectivity index (χ0) is 27.7. The summed E-state index contributed by atoms with van der Waals surface area (Å²) in [4.78, 5) is 30.7. The van der Waals surface area contributed by atoms with Crippen LogP contribution in [-0.4, -0.2) is 73.4 Å².